The number of hydrogen-bond acceptors (Lipinski definition) is 4. The summed E-state index contributed by atoms with van der Waals surface area (Å²) in [5, 5.41) is 0. The summed E-state index contributed by atoms with van der Waals surface area (Å²) in [6, 6.07) is 0. The number of nitrogens with zero attached hydrogens (tertiary/aromatic N) is 3. The molecule has 3 saturated heterocycles. The van der Waals surface area contributed by atoms with Crippen LogP contribution >= 0.6 is 0 Å². The first kappa shape index (κ1) is 21.6. The minimum absolute atomic E-state index is 0.0832. The summed E-state index contributed by atoms with van der Waals surface area (Å²) < 4.78 is 5.47. The highest BCUT2D eigenvalue weighted by molar-refractivity contribution is 5.85. The van der Waals surface area contributed by atoms with Gasteiger partial charge in [-0.2, -0.15) is 0 Å². The first-order chi connectivity index (χ1) is 13.2. The molecule has 0 bridgehead atoms. The van der Waals surface area contributed by atoms with Gasteiger partial charge in [0, 0.05) is 51.1 Å². The second-order valence-electron chi connectivity index (χ2n) is 9.99. The zero-order chi connectivity index (χ0) is 20.4. The third-order valence-corrected chi connectivity index (χ3v) is 7.00. The molecule has 0 N–H and O–H groups in total. The summed E-state index contributed by atoms with van der Waals surface area (Å²) in [4.78, 5) is 32.3. The predicted octanol–water partition coefficient (Wildman–Crippen LogP) is 2.37. The molecule has 0 aliphatic carbocycles. The van der Waals surface area contributed by atoms with Crippen molar-refractivity contribution in [3.8, 4) is 0 Å². The van der Waals surface area contributed by atoms with Gasteiger partial charge >= 0.3 is 0 Å². The molecule has 6 heteroatoms. The van der Waals surface area contributed by atoms with Crippen molar-refractivity contribution in [3.63, 3.8) is 0 Å². The number of amides is 2. The lowest BCUT2D eigenvalue weighted by atomic mass is 9.73. The van der Waals surface area contributed by atoms with Crippen LogP contribution in [0.3, 0.4) is 0 Å². The van der Waals surface area contributed by atoms with Crippen LogP contribution in [0, 0.1) is 11.3 Å². The van der Waals surface area contributed by atoms with Crippen molar-refractivity contribution in [2.45, 2.75) is 65.3 Å². The fraction of sp³-hybridized carbons (Fsp3) is 0.909. The number of rotatable bonds is 5. The Hall–Kier alpha value is -1.14. The maximum atomic E-state index is 13.5. The molecule has 6 nitrogen and oxygen atoms in total. The third kappa shape index (κ3) is 4.70. The summed E-state index contributed by atoms with van der Waals surface area (Å²) in [5.41, 5.74) is -0.413. The van der Waals surface area contributed by atoms with E-state index in [9.17, 15) is 9.59 Å². The molecule has 0 radical (unpaired) electrons. The van der Waals surface area contributed by atoms with E-state index in [-0.39, 0.29) is 11.3 Å². The number of carbonyl (C=O) groups is 2. The Kier molecular flexibility index (Phi) is 6.70. The van der Waals surface area contributed by atoms with E-state index >= 15 is 0 Å². The molecule has 0 unspecified atom stereocenters. The smallest absolute Gasteiger partial charge is 0.242 e. The highest BCUT2D eigenvalue weighted by Gasteiger charge is 2.46. The Morgan fingerprint density at radius 3 is 2.54 bits per heavy atom. The molecule has 0 saturated carbocycles. The number of piperidine rings is 2. The van der Waals surface area contributed by atoms with Gasteiger partial charge in [-0.25, -0.2) is 0 Å². The quantitative estimate of drug-likeness (QED) is 0.720. The summed E-state index contributed by atoms with van der Waals surface area (Å²) in [7, 11) is 0. The van der Waals surface area contributed by atoms with Crippen LogP contribution in [0.1, 0.15) is 59.8 Å². The highest BCUT2D eigenvalue weighted by Crippen LogP contribution is 2.40. The molecule has 3 heterocycles. The summed E-state index contributed by atoms with van der Waals surface area (Å²) in [5.74, 6) is 1.13. The molecule has 28 heavy (non-hydrogen) atoms. The van der Waals surface area contributed by atoms with Gasteiger partial charge in [-0.3, -0.25) is 14.5 Å². The van der Waals surface area contributed by atoms with Gasteiger partial charge in [-0.1, -0.05) is 13.8 Å². The van der Waals surface area contributed by atoms with Gasteiger partial charge in [-0.15, -0.1) is 0 Å². The van der Waals surface area contributed by atoms with Crippen LogP contribution < -0.4 is 0 Å². The topological polar surface area (TPSA) is 53.1 Å². The van der Waals surface area contributed by atoms with Gasteiger partial charge in [0.2, 0.25) is 11.8 Å². The number of carbonyl (C=O) groups excluding carboxylic acids is 2. The van der Waals surface area contributed by atoms with E-state index in [1.165, 1.54) is 0 Å². The van der Waals surface area contributed by atoms with Crippen LogP contribution in [0.25, 0.3) is 0 Å². The van der Waals surface area contributed by atoms with Crippen molar-refractivity contribution in [2.24, 2.45) is 11.3 Å². The van der Waals surface area contributed by atoms with E-state index in [0.717, 1.165) is 65.0 Å². The van der Waals surface area contributed by atoms with Crippen LogP contribution in [0.4, 0.5) is 0 Å². The minimum Gasteiger partial charge on any atom is -0.379 e. The number of hydrogen-bond donors (Lipinski definition) is 0. The largest absolute Gasteiger partial charge is 0.379 e. The Labute approximate surface area is 170 Å². The molecule has 2 amide bonds. The molecule has 3 aliphatic heterocycles. The van der Waals surface area contributed by atoms with E-state index in [0.29, 0.717) is 31.5 Å². The van der Waals surface area contributed by atoms with Crippen molar-refractivity contribution in [1.82, 2.24) is 14.7 Å². The lowest BCUT2D eigenvalue weighted by molar-refractivity contribution is -0.152. The number of ether oxygens (including phenoxy) is 1. The molecule has 3 aliphatic rings. The van der Waals surface area contributed by atoms with Crippen LogP contribution in [0.15, 0.2) is 0 Å². The maximum absolute atomic E-state index is 13.5. The van der Waals surface area contributed by atoms with Gasteiger partial charge in [0.05, 0.1) is 18.8 Å². The fourth-order valence-electron chi connectivity index (χ4n) is 5.08. The zero-order valence-corrected chi connectivity index (χ0v) is 18.3. The van der Waals surface area contributed by atoms with Gasteiger partial charge in [0.1, 0.15) is 0 Å². The van der Waals surface area contributed by atoms with Gasteiger partial charge in [0.15, 0.2) is 0 Å². The van der Waals surface area contributed by atoms with E-state index in [4.69, 9.17) is 4.74 Å². The second-order valence-corrected chi connectivity index (χ2v) is 9.99. The lowest BCUT2D eigenvalue weighted by Gasteiger charge is -2.50. The number of likely N-dealkylation sites (tertiary alicyclic amines) is 2. The SMILES string of the molecule is CC(C)CCN1C[C@]2(CCCN(C(=O)C(C)(C)N3CCOCC3)C2)CCC1=O. The normalized spacial score (nSPS) is 27.7. The number of morpholine rings is 1. The molecule has 0 aromatic rings. The molecular formula is C22H39N3O3. The van der Waals surface area contributed by atoms with E-state index < -0.39 is 5.54 Å². The molecule has 3 fully saturated rings. The van der Waals surface area contributed by atoms with Crippen molar-refractivity contribution < 1.29 is 14.3 Å². The molecule has 1 atom stereocenters. The van der Waals surface area contributed by atoms with E-state index in [1.807, 2.05) is 0 Å². The maximum Gasteiger partial charge on any atom is 0.242 e. The van der Waals surface area contributed by atoms with Gasteiger partial charge in [-0.05, 0) is 45.4 Å². The van der Waals surface area contributed by atoms with Crippen molar-refractivity contribution in [3.05, 3.63) is 0 Å². The molecule has 3 rings (SSSR count). The molecule has 0 aromatic heterocycles. The van der Waals surface area contributed by atoms with Crippen molar-refractivity contribution in [2.75, 3.05) is 52.5 Å². The average molecular weight is 394 g/mol. The molecule has 0 aromatic carbocycles. The Morgan fingerprint density at radius 1 is 1.14 bits per heavy atom. The average Bonchev–Trinajstić information content (AvgIpc) is 2.69. The van der Waals surface area contributed by atoms with Gasteiger partial charge < -0.3 is 14.5 Å². The van der Waals surface area contributed by atoms with Crippen LogP contribution in [0.5, 0.6) is 0 Å². The Morgan fingerprint density at radius 2 is 1.86 bits per heavy atom. The summed E-state index contributed by atoms with van der Waals surface area (Å²) in [6.07, 6.45) is 4.77. The van der Waals surface area contributed by atoms with Crippen molar-refractivity contribution >= 4 is 11.8 Å². The summed E-state index contributed by atoms with van der Waals surface area (Å²) >= 11 is 0. The Balaban J connectivity index is 1.67. The van der Waals surface area contributed by atoms with Crippen molar-refractivity contribution in [1.29, 1.82) is 0 Å². The zero-order valence-electron chi connectivity index (χ0n) is 18.3. The van der Waals surface area contributed by atoms with Crippen LogP contribution in [0.2, 0.25) is 0 Å². The fourth-order valence-corrected chi connectivity index (χ4v) is 5.08. The van der Waals surface area contributed by atoms with Gasteiger partial charge in [0.25, 0.3) is 0 Å². The first-order valence-corrected chi connectivity index (χ1v) is 11.1. The van der Waals surface area contributed by atoms with E-state index in [1.54, 1.807) is 0 Å². The monoisotopic (exact) mass is 393 g/mol. The third-order valence-electron chi connectivity index (χ3n) is 7.00. The summed E-state index contributed by atoms with van der Waals surface area (Å²) in [6.45, 7) is 14.9. The molecular weight excluding hydrogens is 354 g/mol. The molecule has 160 valence electrons. The first-order valence-electron chi connectivity index (χ1n) is 11.1. The lowest BCUT2D eigenvalue weighted by Crippen LogP contribution is -2.62. The van der Waals surface area contributed by atoms with Crippen LogP contribution in [-0.4, -0.2) is 84.5 Å². The van der Waals surface area contributed by atoms with E-state index in [2.05, 4.69) is 42.4 Å². The van der Waals surface area contributed by atoms with Crippen LogP contribution in [-0.2, 0) is 14.3 Å². The standard InChI is InChI=1S/C22H39N3O3/c1-18(2)7-11-23-16-22(9-6-19(23)26)8-5-10-24(17-22)20(27)21(3,4)25-12-14-28-15-13-25/h18H,5-17H2,1-4H3/t22-/m0/s1. The highest BCUT2D eigenvalue weighted by atomic mass is 16.5. The predicted molar refractivity (Wildman–Crippen MR) is 110 cm³/mol. The Bertz CT molecular complexity index is 571. The minimum atomic E-state index is -0.496. The molecule has 1 spiro atoms. The second kappa shape index (κ2) is 8.70.